The van der Waals surface area contributed by atoms with Crippen molar-refractivity contribution in [3.63, 3.8) is 0 Å². The molecule has 0 rings (SSSR count). The number of halogens is 1. The lowest BCUT2D eigenvalue weighted by Crippen LogP contribution is -2.30. The predicted octanol–water partition coefficient (Wildman–Crippen LogP) is 2.91. The van der Waals surface area contributed by atoms with Gasteiger partial charge in [0, 0.05) is 25.0 Å². The number of ether oxygens (including phenoxy) is 1. The Balaban J connectivity index is 3.40. The molecule has 0 atom stereocenters. The lowest BCUT2D eigenvalue weighted by molar-refractivity contribution is 0.106. The summed E-state index contributed by atoms with van der Waals surface area (Å²) >= 11 is 3.48. The van der Waals surface area contributed by atoms with Gasteiger partial charge in [0.05, 0.1) is 6.61 Å². The standard InChI is InChI=1S/C11H24BrNO/c1-3-5-7-13(8-6-12)9-11-14-10-4-2/h3-11H2,1-2H3. The van der Waals surface area contributed by atoms with Gasteiger partial charge >= 0.3 is 0 Å². The van der Waals surface area contributed by atoms with E-state index in [0.717, 1.165) is 38.1 Å². The van der Waals surface area contributed by atoms with Gasteiger partial charge in [0.25, 0.3) is 0 Å². The molecule has 0 aromatic heterocycles. The summed E-state index contributed by atoms with van der Waals surface area (Å²) in [6.45, 7) is 9.58. The first-order valence-corrected chi connectivity index (χ1v) is 6.83. The summed E-state index contributed by atoms with van der Waals surface area (Å²) in [4.78, 5) is 2.47. The molecule has 0 saturated heterocycles. The van der Waals surface area contributed by atoms with Crippen molar-refractivity contribution in [2.75, 3.05) is 38.2 Å². The maximum absolute atomic E-state index is 5.48. The molecule has 0 spiro atoms. The lowest BCUT2D eigenvalue weighted by atomic mass is 10.3. The molecule has 0 saturated carbocycles. The number of unbranched alkanes of at least 4 members (excludes halogenated alkanes) is 1. The van der Waals surface area contributed by atoms with Crippen molar-refractivity contribution in [2.45, 2.75) is 33.1 Å². The topological polar surface area (TPSA) is 12.5 Å². The van der Waals surface area contributed by atoms with E-state index in [-0.39, 0.29) is 0 Å². The highest BCUT2D eigenvalue weighted by Crippen LogP contribution is 1.97. The zero-order valence-corrected chi connectivity index (χ0v) is 11.2. The van der Waals surface area contributed by atoms with E-state index in [9.17, 15) is 0 Å². The summed E-state index contributed by atoms with van der Waals surface area (Å²) in [7, 11) is 0. The van der Waals surface area contributed by atoms with Gasteiger partial charge in [-0.1, -0.05) is 36.2 Å². The van der Waals surface area contributed by atoms with Crippen LogP contribution in [0.1, 0.15) is 33.1 Å². The molecule has 0 aromatic rings. The Bertz CT molecular complexity index is 111. The van der Waals surface area contributed by atoms with Crippen molar-refractivity contribution < 1.29 is 4.74 Å². The van der Waals surface area contributed by atoms with Crippen LogP contribution in [0, 0.1) is 0 Å². The largest absolute Gasteiger partial charge is 0.380 e. The highest BCUT2D eigenvalue weighted by Gasteiger charge is 2.02. The average molecular weight is 266 g/mol. The summed E-state index contributed by atoms with van der Waals surface area (Å²) in [5.74, 6) is 0. The number of nitrogens with zero attached hydrogens (tertiary/aromatic N) is 1. The molecule has 14 heavy (non-hydrogen) atoms. The van der Waals surface area contributed by atoms with E-state index in [1.165, 1.54) is 19.4 Å². The van der Waals surface area contributed by atoms with E-state index in [1.54, 1.807) is 0 Å². The van der Waals surface area contributed by atoms with E-state index in [0.29, 0.717) is 0 Å². The molecule has 2 nitrogen and oxygen atoms in total. The lowest BCUT2D eigenvalue weighted by Gasteiger charge is -2.20. The third kappa shape index (κ3) is 8.97. The Morgan fingerprint density at radius 3 is 2.36 bits per heavy atom. The van der Waals surface area contributed by atoms with Gasteiger partial charge in [-0.2, -0.15) is 0 Å². The van der Waals surface area contributed by atoms with Crippen LogP contribution in [-0.2, 0) is 4.74 Å². The molecule has 0 fully saturated rings. The summed E-state index contributed by atoms with van der Waals surface area (Å²) < 4.78 is 5.48. The Morgan fingerprint density at radius 2 is 1.79 bits per heavy atom. The second-order valence-electron chi connectivity index (χ2n) is 3.50. The van der Waals surface area contributed by atoms with Crippen LogP contribution in [0.2, 0.25) is 0 Å². The van der Waals surface area contributed by atoms with Gasteiger partial charge in [-0.25, -0.2) is 0 Å². The molecule has 0 aliphatic carbocycles. The van der Waals surface area contributed by atoms with Crippen molar-refractivity contribution in [1.82, 2.24) is 4.90 Å². The van der Waals surface area contributed by atoms with Crippen LogP contribution in [0.15, 0.2) is 0 Å². The minimum Gasteiger partial charge on any atom is -0.380 e. The van der Waals surface area contributed by atoms with Gasteiger partial charge in [-0.05, 0) is 19.4 Å². The third-order valence-electron chi connectivity index (χ3n) is 2.13. The molecule has 0 N–H and O–H groups in total. The second kappa shape index (κ2) is 11.5. The molecule has 0 aliphatic heterocycles. The first kappa shape index (κ1) is 14.4. The monoisotopic (exact) mass is 265 g/mol. The maximum Gasteiger partial charge on any atom is 0.0593 e. The van der Waals surface area contributed by atoms with Crippen LogP contribution in [0.4, 0.5) is 0 Å². The summed E-state index contributed by atoms with van der Waals surface area (Å²) in [5.41, 5.74) is 0. The van der Waals surface area contributed by atoms with Crippen LogP contribution in [0.3, 0.4) is 0 Å². The average Bonchev–Trinajstić information content (AvgIpc) is 2.20. The zero-order chi connectivity index (χ0) is 10.6. The molecular weight excluding hydrogens is 242 g/mol. The molecule has 0 unspecified atom stereocenters. The van der Waals surface area contributed by atoms with Gasteiger partial charge in [0.1, 0.15) is 0 Å². The van der Waals surface area contributed by atoms with Crippen LogP contribution in [0.5, 0.6) is 0 Å². The molecule has 0 heterocycles. The Labute approximate surface area is 97.1 Å². The number of rotatable bonds is 10. The second-order valence-corrected chi connectivity index (χ2v) is 4.29. The van der Waals surface area contributed by atoms with E-state index in [1.807, 2.05) is 0 Å². The SMILES string of the molecule is CCCCN(CCBr)CCOCCC. The van der Waals surface area contributed by atoms with Gasteiger partial charge in [-0.15, -0.1) is 0 Å². The smallest absolute Gasteiger partial charge is 0.0593 e. The van der Waals surface area contributed by atoms with Gasteiger partial charge in [-0.3, -0.25) is 0 Å². The fourth-order valence-electron chi connectivity index (χ4n) is 1.28. The van der Waals surface area contributed by atoms with Gasteiger partial charge in [0.15, 0.2) is 0 Å². The fourth-order valence-corrected chi connectivity index (χ4v) is 1.78. The normalized spacial score (nSPS) is 11.1. The number of hydrogen-bond donors (Lipinski definition) is 0. The first-order valence-electron chi connectivity index (χ1n) is 5.71. The van der Waals surface area contributed by atoms with E-state index < -0.39 is 0 Å². The first-order chi connectivity index (χ1) is 6.85. The fraction of sp³-hybridized carbons (Fsp3) is 1.00. The Hall–Kier alpha value is 0.400. The van der Waals surface area contributed by atoms with Crippen molar-refractivity contribution in [1.29, 1.82) is 0 Å². The van der Waals surface area contributed by atoms with Crippen LogP contribution < -0.4 is 0 Å². The molecule has 0 aliphatic rings. The molecule has 0 amide bonds. The van der Waals surface area contributed by atoms with Crippen LogP contribution >= 0.6 is 15.9 Å². The summed E-state index contributed by atoms with van der Waals surface area (Å²) in [6.07, 6.45) is 3.68. The third-order valence-corrected chi connectivity index (χ3v) is 2.48. The van der Waals surface area contributed by atoms with Crippen molar-refractivity contribution in [3.8, 4) is 0 Å². The molecule has 3 heteroatoms. The quantitative estimate of drug-likeness (QED) is 0.445. The van der Waals surface area contributed by atoms with Crippen molar-refractivity contribution in [2.24, 2.45) is 0 Å². The molecular formula is C11H24BrNO. The summed E-state index contributed by atoms with van der Waals surface area (Å²) in [6, 6.07) is 0. The summed E-state index contributed by atoms with van der Waals surface area (Å²) in [5, 5.41) is 1.06. The van der Waals surface area contributed by atoms with Crippen LogP contribution in [-0.4, -0.2) is 43.1 Å². The maximum atomic E-state index is 5.48. The molecule has 0 aromatic carbocycles. The van der Waals surface area contributed by atoms with Gasteiger partial charge in [0.2, 0.25) is 0 Å². The van der Waals surface area contributed by atoms with Crippen LogP contribution in [0.25, 0.3) is 0 Å². The minimum absolute atomic E-state index is 0.880. The minimum atomic E-state index is 0.880. The predicted molar refractivity (Wildman–Crippen MR) is 66.3 cm³/mol. The Morgan fingerprint density at radius 1 is 1.00 bits per heavy atom. The van der Waals surface area contributed by atoms with E-state index in [4.69, 9.17) is 4.74 Å². The molecule has 0 bridgehead atoms. The number of alkyl halides is 1. The van der Waals surface area contributed by atoms with Gasteiger partial charge < -0.3 is 9.64 Å². The molecule has 0 radical (unpaired) electrons. The highest BCUT2D eigenvalue weighted by molar-refractivity contribution is 9.09. The van der Waals surface area contributed by atoms with E-state index >= 15 is 0 Å². The van der Waals surface area contributed by atoms with Crippen molar-refractivity contribution >= 4 is 15.9 Å². The van der Waals surface area contributed by atoms with E-state index in [2.05, 4.69) is 34.7 Å². The van der Waals surface area contributed by atoms with Crippen molar-refractivity contribution in [3.05, 3.63) is 0 Å². The number of hydrogen-bond acceptors (Lipinski definition) is 2. The Kier molecular flexibility index (Phi) is 11.8. The zero-order valence-electron chi connectivity index (χ0n) is 9.60. The highest BCUT2D eigenvalue weighted by atomic mass is 79.9. The molecule has 86 valence electrons.